The third-order valence-electron chi connectivity index (χ3n) is 5.95. The number of aromatic nitrogens is 2. The van der Waals surface area contributed by atoms with Gasteiger partial charge in [0.1, 0.15) is 5.75 Å². The van der Waals surface area contributed by atoms with Crippen molar-refractivity contribution in [3.05, 3.63) is 53.3 Å². The van der Waals surface area contributed by atoms with Gasteiger partial charge in [-0.15, -0.1) is 0 Å². The van der Waals surface area contributed by atoms with Gasteiger partial charge in [-0.25, -0.2) is 4.98 Å². The Bertz CT molecular complexity index is 1020. The summed E-state index contributed by atoms with van der Waals surface area (Å²) in [5.74, 6) is 0.889. The molecule has 0 spiro atoms. The molecular formula is C24H30N4O3. The summed E-state index contributed by atoms with van der Waals surface area (Å²) in [6, 6.07) is 10.1. The number of likely N-dealkylation sites (tertiary alicyclic amines) is 1. The predicted molar refractivity (Wildman–Crippen MR) is 119 cm³/mol. The van der Waals surface area contributed by atoms with E-state index >= 15 is 0 Å². The monoisotopic (exact) mass is 422 g/mol. The van der Waals surface area contributed by atoms with Crippen LogP contribution >= 0.6 is 0 Å². The molecule has 1 fully saturated rings. The summed E-state index contributed by atoms with van der Waals surface area (Å²) in [5.41, 5.74) is 2.98. The van der Waals surface area contributed by atoms with Crippen molar-refractivity contribution in [3.8, 4) is 5.75 Å². The van der Waals surface area contributed by atoms with Crippen LogP contribution in [0.1, 0.15) is 66.7 Å². The topological polar surface area (TPSA) is 80.5 Å². The van der Waals surface area contributed by atoms with E-state index in [1.54, 1.807) is 13.3 Å². The zero-order valence-corrected chi connectivity index (χ0v) is 18.4. The second-order valence-corrected chi connectivity index (χ2v) is 8.39. The van der Waals surface area contributed by atoms with E-state index in [0.29, 0.717) is 17.8 Å². The molecule has 7 heteroatoms. The molecule has 1 aliphatic rings. The van der Waals surface area contributed by atoms with Gasteiger partial charge in [0.15, 0.2) is 0 Å². The number of benzene rings is 1. The lowest BCUT2D eigenvalue weighted by molar-refractivity contribution is 0.0924. The fourth-order valence-corrected chi connectivity index (χ4v) is 4.20. The van der Waals surface area contributed by atoms with Gasteiger partial charge in [-0.05, 0) is 55.6 Å². The summed E-state index contributed by atoms with van der Waals surface area (Å²) in [6.45, 7) is 6.70. The Labute approximate surface area is 182 Å². The van der Waals surface area contributed by atoms with Crippen molar-refractivity contribution in [2.24, 2.45) is 0 Å². The van der Waals surface area contributed by atoms with Crippen LogP contribution in [0.4, 0.5) is 0 Å². The molecule has 1 aliphatic heterocycles. The van der Waals surface area contributed by atoms with Crippen LogP contribution in [0.25, 0.3) is 11.1 Å². The highest BCUT2D eigenvalue weighted by Crippen LogP contribution is 2.27. The van der Waals surface area contributed by atoms with E-state index in [4.69, 9.17) is 9.26 Å². The van der Waals surface area contributed by atoms with Crippen molar-refractivity contribution in [1.29, 1.82) is 0 Å². The molecule has 1 N–H and O–H groups in total. The standard InChI is InChI=1S/C24H30N4O3/c1-16(2)22-20-13-18(14-26-24(20)31-27-22)23(29)25-15-21(28-11-5-4-6-12-28)17-7-9-19(30-3)10-8-17/h7-10,13-14,16,21H,4-6,11-12,15H2,1-3H3,(H,25,29)/t21-/m1/s1. The molecule has 1 atom stereocenters. The van der Waals surface area contributed by atoms with Crippen LogP contribution in [0.5, 0.6) is 5.75 Å². The highest BCUT2D eigenvalue weighted by atomic mass is 16.5. The highest BCUT2D eigenvalue weighted by Gasteiger charge is 2.24. The van der Waals surface area contributed by atoms with E-state index in [1.807, 2.05) is 32.0 Å². The number of pyridine rings is 1. The number of ether oxygens (including phenoxy) is 1. The minimum absolute atomic E-state index is 0.119. The largest absolute Gasteiger partial charge is 0.497 e. The molecule has 1 amide bonds. The number of hydrogen-bond donors (Lipinski definition) is 1. The van der Waals surface area contributed by atoms with Gasteiger partial charge >= 0.3 is 0 Å². The molecule has 0 aliphatic carbocycles. The molecular weight excluding hydrogens is 392 g/mol. The average Bonchev–Trinajstić information content (AvgIpc) is 3.24. The van der Waals surface area contributed by atoms with Crippen LogP contribution in [0.3, 0.4) is 0 Å². The summed E-state index contributed by atoms with van der Waals surface area (Å²) in [7, 11) is 1.67. The first kappa shape index (κ1) is 21.3. The number of fused-ring (bicyclic) bond motifs is 1. The molecule has 31 heavy (non-hydrogen) atoms. The van der Waals surface area contributed by atoms with Gasteiger partial charge in [-0.1, -0.05) is 37.6 Å². The number of piperidine rings is 1. The zero-order chi connectivity index (χ0) is 21.8. The summed E-state index contributed by atoms with van der Waals surface area (Å²) in [6.07, 6.45) is 5.19. The second-order valence-electron chi connectivity index (χ2n) is 8.39. The average molecular weight is 423 g/mol. The Kier molecular flexibility index (Phi) is 6.51. The van der Waals surface area contributed by atoms with Gasteiger partial charge in [-0.2, -0.15) is 0 Å². The maximum absolute atomic E-state index is 13.0. The number of rotatable bonds is 7. The highest BCUT2D eigenvalue weighted by molar-refractivity contribution is 5.97. The van der Waals surface area contributed by atoms with Crippen molar-refractivity contribution in [3.63, 3.8) is 0 Å². The summed E-state index contributed by atoms with van der Waals surface area (Å²) < 4.78 is 10.6. The van der Waals surface area contributed by atoms with Gasteiger partial charge in [0.05, 0.1) is 29.8 Å². The Morgan fingerprint density at radius 1 is 1.19 bits per heavy atom. The fourth-order valence-electron chi connectivity index (χ4n) is 4.20. The Morgan fingerprint density at radius 3 is 2.61 bits per heavy atom. The minimum Gasteiger partial charge on any atom is -0.497 e. The van der Waals surface area contributed by atoms with Crippen LogP contribution < -0.4 is 10.1 Å². The maximum Gasteiger partial charge on any atom is 0.257 e. The molecule has 0 unspecified atom stereocenters. The van der Waals surface area contributed by atoms with Crippen LogP contribution in [-0.4, -0.2) is 47.7 Å². The van der Waals surface area contributed by atoms with Gasteiger partial charge in [0.2, 0.25) is 0 Å². The van der Waals surface area contributed by atoms with Gasteiger partial charge in [0, 0.05) is 12.7 Å². The zero-order valence-electron chi connectivity index (χ0n) is 18.4. The second kappa shape index (κ2) is 9.47. The smallest absolute Gasteiger partial charge is 0.257 e. The minimum atomic E-state index is -0.138. The molecule has 0 bridgehead atoms. The van der Waals surface area contributed by atoms with Crippen LogP contribution in [0.15, 0.2) is 41.1 Å². The van der Waals surface area contributed by atoms with Crippen LogP contribution in [0.2, 0.25) is 0 Å². The number of nitrogens with zero attached hydrogens (tertiary/aromatic N) is 3. The van der Waals surface area contributed by atoms with Crippen molar-refractivity contribution in [1.82, 2.24) is 20.4 Å². The van der Waals surface area contributed by atoms with Gasteiger partial charge < -0.3 is 14.6 Å². The quantitative estimate of drug-likeness (QED) is 0.611. The number of amides is 1. The van der Waals surface area contributed by atoms with Crippen molar-refractivity contribution in [2.45, 2.75) is 45.1 Å². The third-order valence-corrected chi connectivity index (χ3v) is 5.95. The first-order chi connectivity index (χ1) is 15.1. The number of methoxy groups -OCH3 is 1. The van der Waals surface area contributed by atoms with E-state index in [0.717, 1.165) is 29.9 Å². The number of nitrogens with one attached hydrogen (secondary N) is 1. The molecule has 0 saturated carbocycles. The molecule has 2 aromatic heterocycles. The molecule has 3 aromatic rings. The summed E-state index contributed by atoms with van der Waals surface area (Å²) in [5, 5.41) is 8.02. The van der Waals surface area contributed by atoms with Gasteiger partial charge in [-0.3, -0.25) is 9.69 Å². The summed E-state index contributed by atoms with van der Waals surface area (Å²) >= 11 is 0. The van der Waals surface area contributed by atoms with Gasteiger partial charge in [0.25, 0.3) is 11.6 Å². The molecule has 4 rings (SSSR count). The van der Waals surface area contributed by atoms with Crippen LogP contribution in [0, 0.1) is 0 Å². The number of hydrogen-bond acceptors (Lipinski definition) is 6. The number of carbonyl (C=O) groups is 1. The van der Waals surface area contributed by atoms with Crippen molar-refractivity contribution in [2.75, 3.05) is 26.7 Å². The maximum atomic E-state index is 13.0. The SMILES string of the molecule is COc1ccc([C@@H](CNC(=O)c2cnc3onc(C(C)C)c3c2)N2CCCCC2)cc1. The predicted octanol–water partition coefficient (Wildman–Crippen LogP) is 4.31. The Balaban J connectivity index is 1.52. The third kappa shape index (κ3) is 4.71. The lowest BCUT2D eigenvalue weighted by atomic mass is 10.0. The lowest BCUT2D eigenvalue weighted by Crippen LogP contribution is -2.40. The number of carbonyl (C=O) groups excluding carboxylic acids is 1. The first-order valence-corrected chi connectivity index (χ1v) is 11.0. The van der Waals surface area contributed by atoms with Crippen LogP contribution in [-0.2, 0) is 0 Å². The fraction of sp³-hybridized carbons (Fsp3) is 0.458. The Morgan fingerprint density at radius 2 is 1.94 bits per heavy atom. The van der Waals surface area contributed by atoms with E-state index in [9.17, 15) is 4.79 Å². The molecule has 164 valence electrons. The molecule has 0 radical (unpaired) electrons. The normalized spacial score (nSPS) is 15.9. The molecule has 7 nitrogen and oxygen atoms in total. The molecule has 1 saturated heterocycles. The molecule has 1 aromatic carbocycles. The van der Waals surface area contributed by atoms with E-state index in [1.165, 1.54) is 24.8 Å². The van der Waals surface area contributed by atoms with E-state index in [2.05, 4.69) is 32.5 Å². The summed E-state index contributed by atoms with van der Waals surface area (Å²) in [4.78, 5) is 19.7. The first-order valence-electron chi connectivity index (χ1n) is 11.0. The van der Waals surface area contributed by atoms with Crippen molar-refractivity contribution < 1.29 is 14.1 Å². The van der Waals surface area contributed by atoms with Crippen molar-refractivity contribution >= 4 is 17.0 Å². The Hall–Kier alpha value is -2.93. The molecule has 3 heterocycles. The lowest BCUT2D eigenvalue weighted by Gasteiger charge is -2.35. The van der Waals surface area contributed by atoms with E-state index < -0.39 is 0 Å². The van der Waals surface area contributed by atoms with E-state index in [-0.39, 0.29) is 17.9 Å².